The largest absolute Gasteiger partial charge is 0.483 e. The summed E-state index contributed by atoms with van der Waals surface area (Å²) in [5, 5.41) is 4.42. The van der Waals surface area contributed by atoms with Gasteiger partial charge in [-0.1, -0.05) is 48.0 Å². The molecule has 0 bridgehead atoms. The van der Waals surface area contributed by atoms with Crippen LogP contribution in [0.5, 0.6) is 5.75 Å². The van der Waals surface area contributed by atoms with E-state index in [0.29, 0.717) is 10.8 Å². The summed E-state index contributed by atoms with van der Waals surface area (Å²) < 4.78 is 5.41. The third kappa shape index (κ3) is 4.61. The molecule has 0 saturated heterocycles. The monoisotopic (exact) mass is 302 g/mol. The highest BCUT2D eigenvalue weighted by atomic mass is 35.5. The van der Waals surface area contributed by atoms with Crippen LogP contribution in [0, 0.1) is 6.92 Å². The lowest BCUT2D eigenvalue weighted by Crippen LogP contribution is -2.24. The maximum absolute atomic E-state index is 11.6. The molecule has 4 nitrogen and oxygen atoms in total. The number of rotatable bonds is 5. The molecule has 108 valence electrons. The fourth-order valence-corrected chi connectivity index (χ4v) is 1.83. The van der Waals surface area contributed by atoms with Gasteiger partial charge in [-0.15, -0.1) is 0 Å². The second kappa shape index (κ2) is 7.45. The normalized spacial score (nSPS) is 10.6. The van der Waals surface area contributed by atoms with Crippen molar-refractivity contribution >= 4 is 23.7 Å². The van der Waals surface area contributed by atoms with Gasteiger partial charge in [-0.2, -0.15) is 5.10 Å². The molecule has 1 N–H and O–H groups in total. The van der Waals surface area contributed by atoms with Gasteiger partial charge in [0.25, 0.3) is 5.91 Å². The van der Waals surface area contributed by atoms with Gasteiger partial charge in [0.2, 0.25) is 0 Å². The molecule has 0 saturated carbocycles. The number of carbonyl (C=O) groups is 1. The predicted octanol–water partition coefficient (Wildman–Crippen LogP) is 3.18. The van der Waals surface area contributed by atoms with Crippen LogP contribution < -0.4 is 10.2 Å². The van der Waals surface area contributed by atoms with Crippen molar-refractivity contribution in [3.63, 3.8) is 0 Å². The van der Waals surface area contributed by atoms with Crippen LogP contribution in [0.3, 0.4) is 0 Å². The third-order valence-corrected chi connectivity index (χ3v) is 3.09. The van der Waals surface area contributed by atoms with Crippen molar-refractivity contribution in [2.24, 2.45) is 5.10 Å². The lowest BCUT2D eigenvalue weighted by molar-refractivity contribution is -0.123. The third-order valence-electron chi connectivity index (χ3n) is 2.75. The molecule has 0 aromatic heterocycles. The number of aryl methyl sites for hydroxylation is 1. The van der Waals surface area contributed by atoms with Gasteiger partial charge in [-0.05, 0) is 24.6 Å². The van der Waals surface area contributed by atoms with Gasteiger partial charge in [0, 0.05) is 10.6 Å². The molecule has 0 aliphatic heterocycles. The molecule has 0 fully saturated rings. The molecule has 2 rings (SSSR count). The summed E-state index contributed by atoms with van der Waals surface area (Å²) in [6.45, 7) is 1.83. The first-order valence-electron chi connectivity index (χ1n) is 6.41. The summed E-state index contributed by atoms with van der Waals surface area (Å²) in [4.78, 5) is 11.6. The zero-order chi connectivity index (χ0) is 15.1. The summed E-state index contributed by atoms with van der Waals surface area (Å²) in [7, 11) is 0. The first kappa shape index (κ1) is 15.1. The number of halogens is 1. The smallest absolute Gasteiger partial charge is 0.277 e. The maximum Gasteiger partial charge on any atom is 0.277 e. The molecule has 0 unspecified atom stereocenters. The van der Waals surface area contributed by atoms with E-state index < -0.39 is 0 Å². The zero-order valence-corrected chi connectivity index (χ0v) is 12.3. The number of hydrogen-bond donors (Lipinski definition) is 1. The van der Waals surface area contributed by atoms with Crippen LogP contribution in [0.1, 0.15) is 11.1 Å². The summed E-state index contributed by atoms with van der Waals surface area (Å²) in [5.74, 6) is 0.351. The van der Waals surface area contributed by atoms with Crippen molar-refractivity contribution in [3.8, 4) is 5.75 Å². The van der Waals surface area contributed by atoms with Crippen molar-refractivity contribution in [1.29, 1.82) is 0 Å². The van der Waals surface area contributed by atoms with Gasteiger partial charge in [-0.3, -0.25) is 4.79 Å². The Morgan fingerprint density at radius 1 is 1.24 bits per heavy atom. The molecule has 2 aromatic carbocycles. The summed E-state index contributed by atoms with van der Waals surface area (Å²) in [5.41, 5.74) is 4.11. The minimum absolute atomic E-state index is 0.0925. The first-order chi connectivity index (χ1) is 10.2. The SMILES string of the molecule is Cc1ccccc1OCC(=O)N/N=C\c1ccccc1Cl. The molecule has 0 radical (unpaired) electrons. The second-order valence-electron chi connectivity index (χ2n) is 4.37. The average molecular weight is 303 g/mol. The number of ether oxygens (including phenoxy) is 1. The summed E-state index contributed by atoms with van der Waals surface area (Å²) in [6.07, 6.45) is 1.49. The molecule has 1 amide bonds. The molecule has 5 heteroatoms. The second-order valence-corrected chi connectivity index (χ2v) is 4.78. The van der Waals surface area contributed by atoms with E-state index in [9.17, 15) is 4.79 Å². The van der Waals surface area contributed by atoms with Crippen LogP contribution >= 0.6 is 11.6 Å². The van der Waals surface area contributed by atoms with Crippen LogP contribution in [0.15, 0.2) is 53.6 Å². The molecule has 21 heavy (non-hydrogen) atoms. The summed E-state index contributed by atoms with van der Waals surface area (Å²) >= 11 is 5.97. The molecule has 2 aromatic rings. The minimum atomic E-state index is -0.332. The van der Waals surface area contributed by atoms with Gasteiger partial charge in [0.05, 0.1) is 6.21 Å². The lowest BCUT2D eigenvalue weighted by atomic mass is 10.2. The Bertz CT molecular complexity index is 656. The maximum atomic E-state index is 11.6. The highest BCUT2D eigenvalue weighted by molar-refractivity contribution is 6.33. The van der Waals surface area contributed by atoms with Crippen molar-refractivity contribution in [2.45, 2.75) is 6.92 Å². The van der Waals surface area contributed by atoms with Gasteiger partial charge < -0.3 is 4.74 Å². The van der Waals surface area contributed by atoms with E-state index in [-0.39, 0.29) is 12.5 Å². The Balaban J connectivity index is 1.83. The Morgan fingerprint density at radius 3 is 2.71 bits per heavy atom. The van der Waals surface area contributed by atoms with E-state index in [1.165, 1.54) is 6.21 Å². The molecular formula is C16H15ClN2O2. The fraction of sp³-hybridized carbons (Fsp3) is 0.125. The molecule has 0 aliphatic rings. The highest BCUT2D eigenvalue weighted by Gasteiger charge is 2.03. The van der Waals surface area contributed by atoms with Gasteiger partial charge in [-0.25, -0.2) is 5.43 Å². The van der Waals surface area contributed by atoms with Gasteiger partial charge >= 0.3 is 0 Å². The lowest BCUT2D eigenvalue weighted by Gasteiger charge is -2.07. The van der Waals surface area contributed by atoms with E-state index in [4.69, 9.17) is 16.3 Å². The number of amides is 1. The predicted molar refractivity (Wildman–Crippen MR) is 83.9 cm³/mol. The molecular weight excluding hydrogens is 288 g/mol. The van der Waals surface area contributed by atoms with E-state index in [0.717, 1.165) is 11.1 Å². The molecule has 0 aliphatic carbocycles. The van der Waals surface area contributed by atoms with Crippen LogP contribution in [-0.2, 0) is 4.79 Å². The number of hydrazone groups is 1. The number of carbonyl (C=O) groups excluding carboxylic acids is 1. The van der Waals surface area contributed by atoms with E-state index in [1.807, 2.05) is 49.4 Å². The van der Waals surface area contributed by atoms with Gasteiger partial charge in [0.15, 0.2) is 6.61 Å². The van der Waals surface area contributed by atoms with Crippen molar-refractivity contribution in [1.82, 2.24) is 5.43 Å². The number of benzene rings is 2. The Labute approximate surface area is 128 Å². The van der Waals surface area contributed by atoms with Crippen LogP contribution in [0.2, 0.25) is 5.02 Å². The standard InChI is InChI=1S/C16H15ClN2O2/c1-12-6-2-5-9-15(12)21-11-16(20)19-18-10-13-7-3-4-8-14(13)17/h2-10H,11H2,1H3,(H,19,20)/b18-10-. The Morgan fingerprint density at radius 2 is 1.95 bits per heavy atom. The highest BCUT2D eigenvalue weighted by Crippen LogP contribution is 2.15. The Kier molecular flexibility index (Phi) is 5.35. The van der Waals surface area contributed by atoms with E-state index >= 15 is 0 Å². The quantitative estimate of drug-likeness (QED) is 0.681. The van der Waals surface area contributed by atoms with Crippen LogP contribution in [-0.4, -0.2) is 18.7 Å². The number of nitrogens with one attached hydrogen (secondary N) is 1. The Hall–Kier alpha value is -2.33. The molecule has 0 atom stereocenters. The number of para-hydroxylation sites is 1. The summed E-state index contributed by atoms with van der Waals surface area (Å²) in [6, 6.07) is 14.7. The van der Waals surface area contributed by atoms with E-state index in [1.54, 1.807) is 6.07 Å². The zero-order valence-electron chi connectivity index (χ0n) is 11.5. The van der Waals surface area contributed by atoms with Gasteiger partial charge in [0.1, 0.15) is 5.75 Å². The van der Waals surface area contributed by atoms with Crippen molar-refractivity contribution < 1.29 is 9.53 Å². The molecule has 0 spiro atoms. The van der Waals surface area contributed by atoms with Crippen LogP contribution in [0.4, 0.5) is 0 Å². The van der Waals surface area contributed by atoms with Crippen molar-refractivity contribution in [2.75, 3.05) is 6.61 Å². The first-order valence-corrected chi connectivity index (χ1v) is 6.79. The number of nitrogens with zero attached hydrogens (tertiary/aromatic N) is 1. The topological polar surface area (TPSA) is 50.7 Å². The number of hydrogen-bond acceptors (Lipinski definition) is 3. The van der Waals surface area contributed by atoms with Crippen molar-refractivity contribution in [3.05, 3.63) is 64.7 Å². The van der Waals surface area contributed by atoms with E-state index in [2.05, 4.69) is 10.5 Å². The van der Waals surface area contributed by atoms with Crippen LogP contribution in [0.25, 0.3) is 0 Å². The average Bonchev–Trinajstić information content (AvgIpc) is 2.48. The molecule has 0 heterocycles. The minimum Gasteiger partial charge on any atom is -0.483 e. The fourth-order valence-electron chi connectivity index (χ4n) is 1.65.